The molecule has 0 aromatic carbocycles. The standard InChI is InChI=1S/C15H23N3O2S/c1-10(2)15-17-13(9-21-15)8-16-14(20)12-4-6-18(7-5-12)11(3)19/h9-10,12H,4-8H2,1-3H3,(H,16,20). The number of nitrogens with one attached hydrogen (secondary N) is 1. The van der Waals surface area contributed by atoms with E-state index in [9.17, 15) is 9.59 Å². The molecule has 0 aliphatic carbocycles. The summed E-state index contributed by atoms with van der Waals surface area (Å²) in [5, 5.41) is 6.08. The van der Waals surface area contributed by atoms with Crippen molar-refractivity contribution >= 4 is 23.2 Å². The molecule has 1 aliphatic heterocycles. The van der Waals surface area contributed by atoms with Crippen molar-refractivity contribution in [2.75, 3.05) is 13.1 Å². The van der Waals surface area contributed by atoms with Gasteiger partial charge in [-0.25, -0.2) is 4.98 Å². The third-order valence-electron chi connectivity index (χ3n) is 3.82. The van der Waals surface area contributed by atoms with E-state index in [0.29, 0.717) is 25.6 Å². The molecule has 1 aromatic heterocycles. The maximum Gasteiger partial charge on any atom is 0.223 e. The summed E-state index contributed by atoms with van der Waals surface area (Å²) in [6.07, 6.45) is 1.50. The molecule has 116 valence electrons. The first-order valence-electron chi connectivity index (χ1n) is 7.45. The van der Waals surface area contributed by atoms with Gasteiger partial charge in [0.25, 0.3) is 0 Å². The predicted molar refractivity (Wildman–Crippen MR) is 83.0 cm³/mol. The predicted octanol–water partition coefficient (Wildman–Crippen LogP) is 2.14. The van der Waals surface area contributed by atoms with Crippen molar-refractivity contribution in [3.63, 3.8) is 0 Å². The summed E-state index contributed by atoms with van der Waals surface area (Å²) in [5.74, 6) is 0.619. The molecule has 0 unspecified atom stereocenters. The van der Waals surface area contributed by atoms with Gasteiger partial charge in [-0.2, -0.15) is 0 Å². The fraction of sp³-hybridized carbons (Fsp3) is 0.667. The van der Waals surface area contributed by atoms with Crippen molar-refractivity contribution in [3.05, 3.63) is 16.1 Å². The fourth-order valence-corrected chi connectivity index (χ4v) is 3.28. The SMILES string of the molecule is CC(=O)N1CCC(C(=O)NCc2csc(C(C)C)n2)CC1. The Hall–Kier alpha value is -1.43. The first-order valence-corrected chi connectivity index (χ1v) is 8.33. The molecule has 0 spiro atoms. The first kappa shape index (κ1) is 15.9. The van der Waals surface area contributed by atoms with E-state index in [-0.39, 0.29) is 17.7 Å². The fourth-order valence-electron chi connectivity index (χ4n) is 2.45. The number of carbonyl (C=O) groups excluding carboxylic acids is 2. The number of piperidine rings is 1. The lowest BCUT2D eigenvalue weighted by Gasteiger charge is -2.30. The molecule has 1 aromatic rings. The van der Waals surface area contributed by atoms with E-state index in [4.69, 9.17) is 0 Å². The minimum Gasteiger partial charge on any atom is -0.350 e. The number of amides is 2. The maximum absolute atomic E-state index is 12.1. The molecule has 0 atom stereocenters. The summed E-state index contributed by atoms with van der Waals surface area (Å²) in [4.78, 5) is 29.7. The molecule has 2 amide bonds. The van der Waals surface area contributed by atoms with Gasteiger partial charge >= 0.3 is 0 Å². The summed E-state index contributed by atoms with van der Waals surface area (Å²) >= 11 is 1.64. The average Bonchev–Trinajstić information content (AvgIpc) is 2.94. The van der Waals surface area contributed by atoms with Crippen LogP contribution in [-0.2, 0) is 16.1 Å². The average molecular weight is 309 g/mol. The van der Waals surface area contributed by atoms with Crippen LogP contribution in [0.1, 0.15) is 50.2 Å². The zero-order valence-corrected chi connectivity index (χ0v) is 13.7. The normalized spacial score (nSPS) is 16.3. The third-order valence-corrected chi connectivity index (χ3v) is 5.01. The molecular weight excluding hydrogens is 286 g/mol. The topological polar surface area (TPSA) is 62.3 Å². The number of hydrogen-bond acceptors (Lipinski definition) is 4. The first-order chi connectivity index (χ1) is 9.97. The zero-order valence-electron chi connectivity index (χ0n) is 12.9. The van der Waals surface area contributed by atoms with E-state index >= 15 is 0 Å². The van der Waals surface area contributed by atoms with Gasteiger partial charge in [-0.05, 0) is 12.8 Å². The van der Waals surface area contributed by atoms with Crippen molar-refractivity contribution in [3.8, 4) is 0 Å². The highest BCUT2D eigenvalue weighted by Gasteiger charge is 2.25. The van der Waals surface area contributed by atoms with Gasteiger partial charge in [0.05, 0.1) is 17.2 Å². The molecular formula is C15H23N3O2S. The molecule has 6 heteroatoms. The van der Waals surface area contributed by atoms with Crippen LogP contribution in [0.25, 0.3) is 0 Å². The molecule has 1 N–H and O–H groups in total. The number of carbonyl (C=O) groups is 2. The van der Waals surface area contributed by atoms with Crippen LogP contribution in [0.5, 0.6) is 0 Å². The highest BCUT2D eigenvalue weighted by Crippen LogP contribution is 2.20. The second-order valence-electron chi connectivity index (χ2n) is 5.83. The Kier molecular flexibility index (Phi) is 5.33. The molecule has 2 rings (SSSR count). The third kappa shape index (κ3) is 4.27. The summed E-state index contributed by atoms with van der Waals surface area (Å²) in [7, 11) is 0. The zero-order chi connectivity index (χ0) is 15.4. The molecule has 1 aliphatic rings. The lowest BCUT2D eigenvalue weighted by atomic mass is 9.96. The van der Waals surface area contributed by atoms with Gasteiger partial charge in [0.15, 0.2) is 0 Å². The summed E-state index contributed by atoms with van der Waals surface area (Å²) in [5.41, 5.74) is 0.929. The number of aromatic nitrogens is 1. The number of hydrogen-bond donors (Lipinski definition) is 1. The van der Waals surface area contributed by atoms with Crippen molar-refractivity contribution in [1.82, 2.24) is 15.2 Å². The number of thiazole rings is 1. The number of rotatable bonds is 4. The number of likely N-dealkylation sites (tertiary alicyclic amines) is 1. The van der Waals surface area contributed by atoms with Gasteiger partial charge in [0.1, 0.15) is 0 Å². The number of nitrogens with zero attached hydrogens (tertiary/aromatic N) is 2. The Balaban J connectivity index is 1.78. The van der Waals surface area contributed by atoms with Crippen molar-refractivity contribution in [2.24, 2.45) is 5.92 Å². The van der Waals surface area contributed by atoms with Crippen molar-refractivity contribution < 1.29 is 9.59 Å². The Morgan fingerprint density at radius 1 is 1.43 bits per heavy atom. The second kappa shape index (κ2) is 7.02. The van der Waals surface area contributed by atoms with Gasteiger partial charge in [-0.1, -0.05) is 13.8 Å². The van der Waals surface area contributed by atoms with E-state index in [2.05, 4.69) is 24.1 Å². The molecule has 21 heavy (non-hydrogen) atoms. The molecule has 0 saturated carbocycles. The Morgan fingerprint density at radius 3 is 2.62 bits per heavy atom. The maximum atomic E-state index is 12.1. The van der Waals surface area contributed by atoms with Crippen molar-refractivity contribution in [2.45, 2.75) is 46.1 Å². The lowest BCUT2D eigenvalue weighted by Crippen LogP contribution is -2.42. The molecule has 1 fully saturated rings. The quantitative estimate of drug-likeness (QED) is 0.927. The van der Waals surface area contributed by atoms with E-state index in [1.807, 2.05) is 5.38 Å². The van der Waals surface area contributed by atoms with Crippen LogP contribution in [0.3, 0.4) is 0 Å². The van der Waals surface area contributed by atoms with Crippen LogP contribution in [0.4, 0.5) is 0 Å². The van der Waals surface area contributed by atoms with E-state index in [1.165, 1.54) is 0 Å². The Bertz CT molecular complexity index is 505. The monoisotopic (exact) mass is 309 g/mol. The highest BCUT2D eigenvalue weighted by molar-refractivity contribution is 7.09. The van der Waals surface area contributed by atoms with Crippen LogP contribution in [0.15, 0.2) is 5.38 Å². The van der Waals surface area contributed by atoms with Crippen LogP contribution < -0.4 is 5.32 Å². The van der Waals surface area contributed by atoms with E-state index in [0.717, 1.165) is 23.5 Å². The minimum absolute atomic E-state index is 0.0174. The Labute approximate surface area is 129 Å². The Morgan fingerprint density at radius 2 is 2.10 bits per heavy atom. The van der Waals surface area contributed by atoms with Crippen LogP contribution in [-0.4, -0.2) is 34.8 Å². The highest BCUT2D eigenvalue weighted by atomic mass is 32.1. The van der Waals surface area contributed by atoms with Crippen molar-refractivity contribution in [1.29, 1.82) is 0 Å². The lowest BCUT2D eigenvalue weighted by molar-refractivity contribution is -0.134. The van der Waals surface area contributed by atoms with Gasteiger partial charge < -0.3 is 10.2 Å². The van der Waals surface area contributed by atoms with Gasteiger partial charge in [0, 0.05) is 37.2 Å². The smallest absolute Gasteiger partial charge is 0.223 e. The molecule has 5 nitrogen and oxygen atoms in total. The molecule has 2 heterocycles. The van der Waals surface area contributed by atoms with Gasteiger partial charge in [-0.3, -0.25) is 9.59 Å². The van der Waals surface area contributed by atoms with Crippen LogP contribution in [0, 0.1) is 5.92 Å². The van der Waals surface area contributed by atoms with E-state index in [1.54, 1.807) is 23.2 Å². The minimum atomic E-state index is 0.0174. The van der Waals surface area contributed by atoms with Crippen LogP contribution in [0.2, 0.25) is 0 Å². The molecule has 0 radical (unpaired) electrons. The van der Waals surface area contributed by atoms with Gasteiger partial charge in [-0.15, -0.1) is 11.3 Å². The van der Waals surface area contributed by atoms with E-state index < -0.39 is 0 Å². The summed E-state index contributed by atoms with van der Waals surface area (Å²) in [6, 6.07) is 0. The largest absolute Gasteiger partial charge is 0.350 e. The second-order valence-corrected chi connectivity index (χ2v) is 6.72. The molecule has 1 saturated heterocycles. The summed E-state index contributed by atoms with van der Waals surface area (Å²) < 4.78 is 0. The summed E-state index contributed by atoms with van der Waals surface area (Å²) in [6.45, 7) is 7.67. The van der Waals surface area contributed by atoms with Gasteiger partial charge in [0.2, 0.25) is 11.8 Å². The van der Waals surface area contributed by atoms with Crippen LogP contribution >= 0.6 is 11.3 Å². The molecule has 0 bridgehead atoms.